The van der Waals surface area contributed by atoms with E-state index in [4.69, 9.17) is 4.42 Å². The number of benzene rings is 1. The second-order valence-corrected chi connectivity index (χ2v) is 6.04. The summed E-state index contributed by atoms with van der Waals surface area (Å²) < 4.78 is 9.30. The van der Waals surface area contributed by atoms with Crippen LogP contribution in [0.3, 0.4) is 0 Å². The lowest BCUT2D eigenvalue weighted by molar-refractivity contribution is 0.102. The molecule has 1 N–H and O–H groups in total. The standard InChI is InChI=1S/C20H17N5O2/c1-3-25-16-9-5-4-8-15(16)22-20(25)23-18(26)17-13(2)27-19(14(17)12-21)24-10-6-7-11-24/h4-11H,3H2,1-2H3,(H,22,23,26). The van der Waals surface area contributed by atoms with Crippen LogP contribution in [0.15, 0.2) is 53.2 Å². The van der Waals surface area contributed by atoms with Gasteiger partial charge in [-0.15, -0.1) is 0 Å². The molecule has 1 aromatic carbocycles. The van der Waals surface area contributed by atoms with E-state index in [0.29, 0.717) is 24.1 Å². The summed E-state index contributed by atoms with van der Waals surface area (Å²) in [5.74, 6) is 0.730. The zero-order valence-electron chi connectivity index (χ0n) is 14.9. The van der Waals surface area contributed by atoms with Crippen molar-refractivity contribution in [3.63, 3.8) is 0 Å². The first-order chi connectivity index (χ1) is 13.1. The van der Waals surface area contributed by atoms with E-state index >= 15 is 0 Å². The summed E-state index contributed by atoms with van der Waals surface area (Å²) in [6.07, 6.45) is 3.52. The number of imidazole rings is 1. The molecule has 0 unspecified atom stereocenters. The molecule has 4 rings (SSSR count). The molecule has 0 aliphatic carbocycles. The monoisotopic (exact) mass is 359 g/mol. The number of anilines is 1. The molecule has 0 aliphatic rings. The number of hydrogen-bond acceptors (Lipinski definition) is 4. The Balaban J connectivity index is 1.76. The quantitative estimate of drug-likeness (QED) is 0.599. The molecule has 0 atom stereocenters. The Morgan fingerprint density at radius 2 is 2.00 bits per heavy atom. The minimum absolute atomic E-state index is 0.195. The zero-order chi connectivity index (χ0) is 19.0. The van der Waals surface area contributed by atoms with Gasteiger partial charge in [0.05, 0.1) is 11.0 Å². The smallest absolute Gasteiger partial charge is 0.262 e. The van der Waals surface area contributed by atoms with E-state index in [9.17, 15) is 10.1 Å². The van der Waals surface area contributed by atoms with Gasteiger partial charge in [0.2, 0.25) is 11.8 Å². The Bertz CT molecular complexity index is 1180. The number of para-hydroxylation sites is 2. The molecule has 3 heterocycles. The average Bonchev–Trinajstić information content (AvgIpc) is 3.37. The first-order valence-corrected chi connectivity index (χ1v) is 8.57. The maximum atomic E-state index is 13.0. The van der Waals surface area contributed by atoms with E-state index in [1.165, 1.54) is 0 Å². The summed E-state index contributed by atoms with van der Waals surface area (Å²) in [7, 11) is 0. The zero-order valence-corrected chi connectivity index (χ0v) is 14.9. The lowest BCUT2D eigenvalue weighted by atomic mass is 10.1. The number of nitriles is 1. The number of carbonyl (C=O) groups excluding carboxylic acids is 1. The van der Waals surface area contributed by atoms with Crippen LogP contribution in [0.1, 0.15) is 28.6 Å². The summed E-state index contributed by atoms with van der Waals surface area (Å²) in [5, 5.41) is 12.5. The van der Waals surface area contributed by atoms with Crippen LogP contribution in [-0.2, 0) is 6.54 Å². The molecule has 0 bridgehead atoms. The minimum Gasteiger partial charge on any atom is -0.443 e. The van der Waals surface area contributed by atoms with Crippen molar-refractivity contribution in [1.82, 2.24) is 14.1 Å². The number of nitrogens with one attached hydrogen (secondary N) is 1. The normalized spacial score (nSPS) is 10.9. The molecule has 0 saturated carbocycles. The summed E-state index contributed by atoms with van der Waals surface area (Å²) >= 11 is 0. The molecular formula is C20H17N5O2. The number of amides is 1. The van der Waals surface area contributed by atoms with E-state index in [1.54, 1.807) is 23.9 Å². The molecule has 134 valence electrons. The van der Waals surface area contributed by atoms with Gasteiger partial charge in [-0.1, -0.05) is 12.1 Å². The van der Waals surface area contributed by atoms with Crippen molar-refractivity contribution in [2.24, 2.45) is 0 Å². The van der Waals surface area contributed by atoms with Crippen LogP contribution < -0.4 is 5.32 Å². The summed E-state index contributed by atoms with van der Waals surface area (Å²) in [6.45, 7) is 4.31. The van der Waals surface area contributed by atoms with Gasteiger partial charge in [0.15, 0.2) is 0 Å². The van der Waals surface area contributed by atoms with Gasteiger partial charge < -0.3 is 8.98 Å². The molecular weight excluding hydrogens is 342 g/mol. The molecule has 1 amide bonds. The molecule has 0 aliphatic heterocycles. The van der Waals surface area contributed by atoms with Gasteiger partial charge in [-0.3, -0.25) is 14.7 Å². The van der Waals surface area contributed by atoms with Crippen LogP contribution in [0.5, 0.6) is 0 Å². The van der Waals surface area contributed by atoms with Crippen LogP contribution in [0.4, 0.5) is 5.95 Å². The number of nitrogens with zero attached hydrogens (tertiary/aromatic N) is 4. The Morgan fingerprint density at radius 1 is 1.26 bits per heavy atom. The number of furan rings is 1. The third-order valence-corrected chi connectivity index (χ3v) is 4.44. The van der Waals surface area contributed by atoms with Crippen molar-refractivity contribution in [3.8, 4) is 12.0 Å². The van der Waals surface area contributed by atoms with Crippen LogP contribution in [0, 0.1) is 18.3 Å². The summed E-state index contributed by atoms with van der Waals surface area (Å²) in [5.41, 5.74) is 2.15. The number of fused-ring (bicyclic) bond motifs is 1. The van der Waals surface area contributed by atoms with E-state index < -0.39 is 5.91 Å². The Morgan fingerprint density at radius 3 is 2.70 bits per heavy atom. The third-order valence-electron chi connectivity index (χ3n) is 4.44. The Labute approximate surface area is 155 Å². The van der Waals surface area contributed by atoms with Crippen LogP contribution >= 0.6 is 0 Å². The maximum absolute atomic E-state index is 13.0. The third kappa shape index (κ3) is 2.68. The first-order valence-electron chi connectivity index (χ1n) is 8.57. The Hall–Kier alpha value is -3.79. The van der Waals surface area contributed by atoms with Gasteiger partial charge in [-0.05, 0) is 38.1 Å². The maximum Gasteiger partial charge on any atom is 0.262 e. The van der Waals surface area contributed by atoms with Crippen molar-refractivity contribution in [2.75, 3.05) is 5.32 Å². The topological polar surface area (TPSA) is 88.8 Å². The van der Waals surface area contributed by atoms with Crippen molar-refractivity contribution < 1.29 is 9.21 Å². The first kappa shape index (κ1) is 16.7. The fourth-order valence-electron chi connectivity index (χ4n) is 3.21. The predicted molar refractivity (Wildman–Crippen MR) is 101 cm³/mol. The number of aromatic nitrogens is 3. The molecule has 7 nitrogen and oxygen atoms in total. The van der Waals surface area contributed by atoms with E-state index in [0.717, 1.165) is 11.0 Å². The predicted octanol–water partition coefficient (Wildman–Crippen LogP) is 3.87. The van der Waals surface area contributed by atoms with Gasteiger partial charge in [-0.2, -0.15) is 5.26 Å². The highest BCUT2D eigenvalue weighted by Crippen LogP contribution is 2.27. The van der Waals surface area contributed by atoms with Crippen LogP contribution in [-0.4, -0.2) is 20.0 Å². The van der Waals surface area contributed by atoms with Gasteiger partial charge in [0.25, 0.3) is 5.91 Å². The number of aryl methyl sites for hydroxylation is 2. The minimum atomic E-state index is -0.420. The van der Waals surface area contributed by atoms with Gasteiger partial charge in [-0.25, -0.2) is 4.98 Å². The molecule has 27 heavy (non-hydrogen) atoms. The molecule has 0 saturated heterocycles. The molecule has 0 radical (unpaired) electrons. The fourth-order valence-corrected chi connectivity index (χ4v) is 3.21. The van der Waals surface area contributed by atoms with Gasteiger partial charge in [0, 0.05) is 18.9 Å². The highest BCUT2D eigenvalue weighted by atomic mass is 16.4. The van der Waals surface area contributed by atoms with Crippen molar-refractivity contribution >= 4 is 22.9 Å². The highest BCUT2D eigenvalue weighted by molar-refractivity contribution is 6.07. The van der Waals surface area contributed by atoms with Crippen LogP contribution in [0.2, 0.25) is 0 Å². The number of carbonyl (C=O) groups is 1. The van der Waals surface area contributed by atoms with Gasteiger partial charge in [0.1, 0.15) is 23.0 Å². The second kappa shape index (κ2) is 6.50. The number of hydrogen-bond donors (Lipinski definition) is 1. The average molecular weight is 359 g/mol. The summed E-state index contributed by atoms with van der Waals surface area (Å²) in [6, 6.07) is 13.4. The SMILES string of the molecule is CCn1c(NC(=O)c2c(C)oc(-n3cccc3)c2C#N)nc2ccccc21. The molecule has 3 aromatic heterocycles. The van der Waals surface area contributed by atoms with E-state index in [1.807, 2.05) is 47.9 Å². The molecule has 0 spiro atoms. The van der Waals surface area contributed by atoms with Crippen molar-refractivity contribution in [1.29, 1.82) is 5.26 Å². The Kier molecular flexibility index (Phi) is 4.01. The number of rotatable bonds is 4. The van der Waals surface area contributed by atoms with Crippen LogP contribution in [0.25, 0.3) is 16.9 Å². The van der Waals surface area contributed by atoms with Gasteiger partial charge >= 0.3 is 0 Å². The second-order valence-electron chi connectivity index (χ2n) is 6.04. The largest absolute Gasteiger partial charge is 0.443 e. The van der Waals surface area contributed by atoms with Crippen molar-refractivity contribution in [2.45, 2.75) is 20.4 Å². The molecule has 0 fully saturated rings. The highest BCUT2D eigenvalue weighted by Gasteiger charge is 2.25. The van der Waals surface area contributed by atoms with E-state index in [-0.39, 0.29) is 11.1 Å². The van der Waals surface area contributed by atoms with E-state index in [2.05, 4.69) is 16.4 Å². The lowest BCUT2D eigenvalue weighted by Crippen LogP contribution is -2.17. The molecule has 4 aromatic rings. The molecule has 7 heteroatoms. The summed E-state index contributed by atoms with van der Waals surface area (Å²) in [4.78, 5) is 17.5. The lowest BCUT2D eigenvalue weighted by Gasteiger charge is -2.07. The van der Waals surface area contributed by atoms with Crippen molar-refractivity contribution in [3.05, 3.63) is 65.7 Å². The fraction of sp³-hybridized carbons (Fsp3) is 0.150.